The maximum absolute atomic E-state index is 14.4. The molecule has 0 aliphatic carbocycles. The number of rotatable bonds is 29. The normalized spacial score (nSPS) is 31.0. The lowest BCUT2D eigenvalue weighted by Gasteiger charge is -2.46. The molecule has 3 heterocycles. The number of aliphatic hydroxyl groups is 10. The quantitative estimate of drug-likeness (QED) is 0.0300. The molecule has 662 valence electrons. The van der Waals surface area contributed by atoms with Crippen molar-refractivity contribution < 1.29 is 128 Å². The molecule has 2 bridgehead atoms. The van der Waals surface area contributed by atoms with Crippen LogP contribution in [0, 0.1) is 23.7 Å². The number of thioether (sulfide) groups is 1. The Hall–Kier alpha value is -7.66. The summed E-state index contributed by atoms with van der Waals surface area (Å²) in [6, 6.07) is 3.37. The Morgan fingerprint density at radius 3 is 1.77 bits per heavy atom. The number of hydrogen-bond donors (Lipinski definition) is 20. The number of unbranched alkanes of at least 4 members (excludes halogenated alkanes) is 1. The Balaban J connectivity index is 0.00000553. The van der Waals surface area contributed by atoms with Gasteiger partial charge in [-0.25, -0.2) is 0 Å². The third-order valence-corrected chi connectivity index (χ3v) is 19.8. The average Bonchev–Trinajstić information content (AvgIpc) is 0.779. The van der Waals surface area contributed by atoms with E-state index in [0.29, 0.717) is 43.5 Å². The van der Waals surface area contributed by atoms with E-state index in [1.807, 2.05) is 33.1 Å². The van der Waals surface area contributed by atoms with Gasteiger partial charge in [-0.1, -0.05) is 143 Å². The van der Waals surface area contributed by atoms with Crippen molar-refractivity contribution in [3.05, 3.63) is 121 Å². The topological polar surface area (TPSA) is 567 Å². The summed E-state index contributed by atoms with van der Waals surface area (Å²) in [5.74, 6) is -9.87. The molecule has 4 rings (SSSR count). The number of hydrogen-bond acceptors (Lipinski definition) is 27. The fourth-order valence-corrected chi connectivity index (χ4v) is 13.2. The van der Waals surface area contributed by atoms with Gasteiger partial charge in [0.15, 0.2) is 12.1 Å². The van der Waals surface area contributed by atoms with Crippen LogP contribution in [0.15, 0.2) is 115 Å². The van der Waals surface area contributed by atoms with Gasteiger partial charge in [0.05, 0.1) is 98.7 Å². The van der Waals surface area contributed by atoms with Crippen LogP contribution < -0.4 is 43.4 Å². The second-order valence-electron chi connectivity index (χ2n) is 29.9. The summed E-state index contributed by atoms with van der Waals surface area (Å²) in [4.78, 5) is 113. The van der Waals surface area contributed by atoms with E-state index in [4.69, 9.17) is 55.0 Å². The zero-order valence-corrected chi connectivity index (χ0v) is 69.4. The summed E-state index contributed by atoms with van der Waals surface area (Å²) in [6.07, 6.45) is 6.28. The molecule has 2 fully saturated rings. The largest absolute Gasteiger partial charge is 0.481 e. The number of esters is 1. The number of nitrogens with one attached hydrogen (secondary N) is 6. The first-order chi connectivity index (χ1) is 55.4. The van der Waals surface area contributed by atoms with Crippen molar-refractivity contribution in [3.63, 3.8) is 0 Å². The van der Waals surface area contributed by atoms with Gasteiger partial charge in [0, 0.05) is 70.9 Å². The predicted octanol–water partition coefficient (Wildman–Crippen LogP) is 0.798. The van der Waals surface area contributed by atoms with Gasteiger partial charge in [0.25, 0.3) is 11.9 Å². The van der Waals surface area contributed by atoms with Gasteiger partial charge in [-0.3, -0.25) is 43.2 Å². The van der Waals surface area contributed by atoms with Crippen molar-refractivity contribution in [2.45, 2.75) is 267 Å². The molecule has 23 atom stereocenters. The van der Waals surface area contributed by atoms with Crippen LogP contribution >= 0.6 is 11.8 Å². The Kier molecular flexibility index (Phi) is 52.5. The molecule has 3 aliphatic rings. The molecular formula is C82H132N8O26S. The highest BCUT2D eigenvalue weighted by atomic mass is 32.2. The van der Waals surface area contributed by atoms with Gasteiger partial charge >= 0.3 is 5.97 Å². The van der Waals surface area contributed by atoms with Crippen molar-refractivity contribution in [1.82, 2.24) is 31.9 Å². The number of carboxylic acids is 2. The van der Waals surface area contributed by atoms with E-state index in [1.54, 1.807) is 117 Å². The Morgan fingerprint density at radius 1 is 0.632 bits per heavy atom. The van der Waals surface area contributed by atoms with Crippen LogP contribution in [0.4, 0.5) is 0 Å². The number of benzene rings is 1. The molecule has 1 aromatic carbocycles. The van der Waals surface area contributed by atoms with Crippen LogP contribution in [-0.4, -0.2) is 282 Å². The number of nitrogens with two attached hydrogens (primary N) is 2. The number of aliphatic carboxylic acids is 2. The van der Waals surface area contributed by atoms with Crippen LogP contribution in [0.25, 0.3) is 0 Å². The predicted molar refractivity (Wildman–Crippen MR) is 437 cm³/mol. The monoisotopic (exact) mass is 1680 g/mol. The van der Waals surface area contributed by atoms with Gasteiger partial charge in [-0.05, 0) is 95.2 Å². The number of carbonyl (C=O) groups is 9. The number of allylic oxidation sites excluding steroid dienone is 12. The minimum absolute atomic E-state index is 0.0210. The van der Waals surface area contributed by atoms with E-state index in [9.17, 15) is 84.6 Å². The highest BCUT2D eigenvalue weighted by molar-refractivity contribution is 7.98. The fraction of sp³-hybridized carbons (Fsp3) is 0.646. The van der Waals surface area contributed by atoms with Gasteiger partial charge in [0.1, 0.15) is 36.4 Å². The lowest BCUT2D eigenvalue weighted by Crippen LogP contribution is -2.62. The van der Waals surface area contributed by atoms with Crippen LogP contribution in [-0.2, 0) is 73.3 Å². The fourth-order valence-electron chi connectivity index (χ4n) is 12.8. The highest BCUT2D eigenvalue weighted by Crippen LogP contribution is 2.38. The summed E-state index contributed by atoms with van der Waals surface area (Å²) in [5, 5.41) is 143. The Morgan fingerprint density at radius 2 is 1.19 bits per heavy atom. The number of ether oxygens (including phenoxy) is 5. The number of fused-ring (bicyclic) bond motifs is 2. The first-order valence-corrected chi connectivity index (χ1v) is 41.1. The molecule has 117 heavy (non-hydrogen) atoms. The van der Waals surface area contributed by atoms with E-state index >= 15 is 0 Å². The second kappa shape index (κ2) is 58.3. The number of amides is 6. The molecule has 22 N–H and O–H groups in total. The molecule has 0 spiro atoms. The van der Waals surface area contributed by atoms with Crippen LogP contribution in [0.2, 0.25) is 0 Å². The van der Waals surface area contributed by atoms with E-state index < -0.39 is 207 Å². The molecule has 0 aromatic heterocycles. The van der Waals surface area contributed by atoms with Crippen molar-refractivity contribution in [2.24, 2.45) is 35.1 Å². The van der Waals surface area contributed by atoms with Gasteiger partial charge in [-0.2, -0.15) is 11.8 Å². The maximum Gasteiger partial charge on any atom is 0.308 e. The standard InChI is InChI=1S/C78H124N8O22S.2C2H4O2/c1-48(2)39-60(85-73(99)58(83-47-87)32-38-109-7)74(100)86-61(40-53-26-20-18-21-27-53)75(101)84-59(29-23-24-33-79)72(98)81-34-36-104-37-35-82-76(102)67-64(93)46-78(103)45-56(90)42-63(92)62(91)31-30-54(88)41-55(89)43-66(94)105-51(5)50(4)69(95)49(3)25-19-16-14-12-10-8-9-11-13-15-17-22-28-57(44-65(67)108-78)107-77-71(97)68(80)70(96)52(6)106-77;2*1-2(3)4/h8-22,25-28,47-52,54-65,67-71,77,88-93,95-97,103H,23-24,29-46,79-80H2,1-7H3,(H,81,98)(H,82,102)(H,83,87)(H,84,101)(H,85,99)(H,86,100);2*1H3,(H,3,4)/b9-8+,12-10+,13-11+,16-14+,17-15+,25-19+,28-22+;;/t49-,50-,51-,52+,54+,55+,56-,57-,58-,59-,60-,61-,62+,63+,64-,65-,67+,68-,69+,70+,71-,77-,78+;;/m0../s1. The van der Waals surface area contributed by atoms with E-state index in [2.05, 4.69) is 31.9 Å². The molecule has 0 unspecified atom stereocenters. The minimum Gasteiger partial charge on any atom is -0.481 e. The molecule has 35 heteroatoms. The molecule has 6 amide bonds. The summed E-state index contributed by atoms with van der Waals surface area (Å²) < 4.78 is 29.9. The van der Waals surface area contributed by atoms with E-state index in [-0.39, 0.29) is 83.1 Å². The van der Waals surface area contributed by atoms with E-state index in [1.165, 1.54) is 24.8 Å². The summed E-state index contributed by atoms with van der Waals surface area (Å²) in [6.45, 7) is 12.5. The van der Waals surface area contributed by atoms with Gasteiger partial charge < -0.3 is 128 Å². The van der Waals surface area contributed by atoms with Crippen LogP contribution in [0.3, 0.4) is 0 Å². The molecule has 34 nitrogen and oxygen atoms in total. The third-order valence-electron chi connectivity index (χ3n) is 19.2. The van der Waals surface area contributed by atoms with Crippen LogP contribution in [0.1, 0.15) is 144 Å². The summed E-state index contributed by atoms with van der Waals surface area (Å²) in [7, 11) is 0. The van der Waals surface area contributed by atoms with Gasteiger partial charge in [-0.15, -0.1) is 0 Å². The lowest BCUT2D eigenvalue weighted by molar-refractivity contribution is -0.307. The maximum atomic E-state index is 14.4. The molecule has 0 radical (unpaired) electrons. The highest BCUT2D eigenvalue weighted by Gasteiger charge is 2.51. The molecule has 3 aliphatic heterocycles. The van der Waals surface area contributed by atoms with Crippen molar-refractivity contribution in [1.29, 1.82) is 0 Å². The van der Waals surface area contributed by atoms with Crippen molar-refractivity contribution in [2.75, 3.05) is 44.9 Å². The number of aliphatic hydroxyl groups excluding tert-OH is 9. The van der Waals surface area contributed by atoms with Gasteiger partial charge in [0.2, 0.25) is 35.9 Å². The Labute approximate surface area is 690 Å². The summed E-state index contributed by atoms with van der Waals surface area (Å²) >= 11 is 1.48. The minimum atomic E-state index is -2.41. The van der Waals surface area contributed by atoms with E-state index in [0.717, 1.165) is 13.8 Å². The molecule has 1 aromatic rings. The smallest absolute Gasteiger partial charge is 0.308 e. The SMILES string of the molecule is CC(=O)O.CC(=O)O.CSCC[C@H](NC=O)C(=O)N[C@@H](CC(C)C)C(=O)N[C@@H](Cc1ccccc1)C(=O)N[C@@H](CCCCN)C(=O)NCCOCCNC(=O)[C@H]1[C@@H]2C[C@@H](O[C@@H]3O[C@H](C)[C@@H](O)[C@H](N)[C@@H]3O)/C=C/C=C/C=C/C=C/C=C/C=C/C=C/[C@H](C)[C@@H](O)[C@@H](C)[C@H](C)OC(=O)C[C@H](O)C[C@H](O)CC[C@@H](O)[C@H](O)C[C@H](O)C[C@](O)(C[C@@H]1O)O2. The first kappa shape index (κ1) is 105. The number of cyclic esters (lactones) is 1. The molecular weight excluding hydrogens is 1540 g/mol. The number of carbonyl (C=O) groups excluding carboxylic acids is 7. The molecule has 2 saturated heterocycles. The van der Waals surface area contributed by atoms with Crippen LogP contribution in [0.5, 0.6) is 0 Å². The summed E-state index contributed by atoms with van der Waals surface area (Å²) in [5.41, 5.74) is 12.7. The third kappa shape index (κ3) is 43.8. The van der Waals surface area contributed by atoms with Crippen molar-refractivity contribution >= 4 is 65.6 Å². The zero-order valence-electron chi connectivity index (χ0n) is 68.6. The first-order valence-electron chi connectivity index (χ1n) is 39.7. The second-order valence-corrected chi connectivity index (χ2v) is 30.9. The zero-order chi connectivity index (χ0) is 87.7. The molecule has 0 saturated carbocycles. The average molecular weight is 1680 g/mol. The Bertz CT molecular complexity index is 3300. The van der Waals surface area contributed by atoms with Crippen molar-refractivity contribution in [3.8, 4) is 0 Å². The number of carboxylic acid groups (broad SMARTS) is 2. The lowest BCUT2D eigenvalue weighted by atomic mass is 9.82.